The van der Waals surface area contributed by atoms with Crippen molar-refractivity contribution in [2.45, 2.75) is 88.9 Å². The number of carbonyl (C=O) groups is 2. The van der Waals surface area contributed by atoms with Crippen molar-refractivity contribution in [1.82, 2.24) is 30.0 Å². The molecule has 1 aromatic carbocycles. The fraction of sp³-hybridized carbons (Fsp3) is 0.621. The highest BCUT2D eigenvalue weighted by molar-refractivity contribution is 7.89. The zero-order chi connectivity index (χ0) is 30.1. The van der Waals surface area contributed by atoms with Gasteiger partial charge in [0.05, 0.1) is 22.7 Å². The van der Waals surface area contributed by atoms with E-state index in [1.165, 1.54) is 7.05 Å². The van der Waals surface area contributed by atoms with E-state index in [-0.39, 0.29) is 28.7 Å². The topological polar surface area (TPSA) is 148 Å². The molecule has 0 radical (unpaired) electrons. The van der Waals surface area contributed by atoms with Gasteiger partial charge in [-0.2, -0.15) is 5.10 Å². The summed E-state index contributed by atoms with van der Waals surface area (Å²) in [5.74, 6) is -0.594. The normalized spacial score (nSPS) is 21.4. The van der Waals surface area contributed by atoms with Crippen molar-refractivity contribution in [3.63, 3.8) is 0 Å². The van der Waals surface area contributed by atoms with Gasteiger partial charge in [-0.15, -0.1) is 0 Å². The molecule has 12 heteroatoms. The zero-order valence-electron chi connectivity index (χ0n) is 24.9. The summed E-state index contributed by atoms with van der Waals surface area (Å²) >= 11 is 0. The van der Waals surface area contributed by atoms with Gasteiger partial charge in [-0.3, -0.25) is 19.6 Å². The van der Waals surface area contributed by atoms with E-state index < -0.39 is 27.7 Å². The molecule has 2 aliphatic heterocycles. The second kappa shape index (κ2) is 12.2. The minimum atomic E-state index is -3.58. The number of piperidine rings is 1. The minimum Gasteiger partial charge on any atom is -0.390 e. The van der Waals surface area contributed by atoms with E-state index in [2.05, 4.69) is 32.1 Å². The monoisotopic (exact) mass is 588 g/mol. The van der Waals surface area contributed by atoms with E-state index in [9.17, 15) is 23.1 Å². The lowest BCUT2D eigenvalue weighted by Gasteiger charge is -2.53. The van der Waals surface area contributed by atoms with E-state index in [0.717, 1.165) is 35.4 Å². The van der Waals surface area contributed by atoms with Crippen LogP contribution in [0.25, 0.3) is 0 Å². The number of likely N-dealkylation sites (tertiary alicyclic amines) is 1. The Morgan fingerprint density at radius 3 is 2.29 bits per heavy atom. The Balaban J connectivity index is 1.66. The quantitative estimate of drug-likeness (QED) is 0.332. The van der Waals surface area contributed by atoms with Gasteiger partial charge in [-0.25, -0.2) is 13.1 Å². The largest absolute Gasteiger partial charge is 0.390 e. The lowest BCUT2D eigenvalue weighted by molar-refractivity contribution is -0.165. The van der Waals surface area contributed by atoms with Gasteiger partial charge in [0.1, 0.15) is 11.6 Å². The van der Waals surface area contributed by atoms with Gasteiger partial charge in [0, 0.05) is 30.9 Å². The molecule has 2 amide bonds. The van der Waals surface area contributed by atoms with Crippen LogP contribution in [0, 0.1) is 19.8 Å². The summed E-state index contributed by atoms with van der Waals surface area (Å²) in [6, 6.07) is 5.69. The molecule has 1 unspecified atom stereocenters. The number of piperazine rings is 1. The first kappa shape index (κ1) is 31.1. The second-order valence-electron chi connectivity index (χ2n) is 11.6. The molecule has 41 heavy (non-hydrogen) atoms. The Morgan fingerprint density at radius 2 is 1.78 bits per heavy atom. The second-order valence-corrected chi connectivity index (χ2v) is 13.5. The summed E-state index contributed by atoms with van der Waals surface area (Å²) in [6.07, 6.45) is 1.58. The van der Waals surface area contributed by atoms with Crippen LogP contribution >= 0.6 is 0 Å². The number of rotatable bonds is 10. The predicted molar refractivity (Wildman–Crippen MR) is 156 cm³/mol. The number of carbonyl (C=O) groups excluding carboxylic acids is 2. The van der Waals surface area contributed by atoms with Crippen molar-refractivity contribution in [3.05, 3.63) is 46.8 Å². The highest BCUT2D eigenvalue weighted by atomic mass is 32.2. The van der Waals surface area contributed by atoms with Crippen LogP contribution in [0.15, 0.2) is 29.2 Å². The van der Waals surface area contributed by atoms with Crippen molar-refractivity contribution >= 4 is 21.8 Å². The molecule has 0 bridgehead atoms. The van der Waals surface area contributed by atoms with Crippen LogP contribution in [-0.4, -0.2) is 89.7 Å². The maximum absolute atomic E-state index is 13.8. The minimum absolute atomic E-state index is 0.176. The van der Waals surface area contributed by atoms with Crippen molar-refractivity contribution in [2.24, 2.45) is 5.92 Å². The van der Waals surface area contributed by atoms with E-state index >= 15 is 0 Å². The number of aliphatic hydroxyl groups excluding tert-OH is 1. The Kier molecular flexibility index (Phi) is 9.27. The number of aromatic nitrogens is 2. The zero-order valence-corrected chi connectivity index (χ0v) is 25.7. The van der Waals surface area contributed by atoms with Crippen LogP contribution in [0.4, 0.5) is 0 Å². The maximum Gasteiger partial charge on any atom is 0.248 e. The predicted octanol–water partition coefficient (Wildman–Crippen LogP) is 2.00. The first-order valence-electron chi connectivity index (χ1n) is 14.5. The number of aliphatic hydroxyl groups is 1. The first-order valence-corrected chi connectivity index (χ1v) is 16.0. The average Bonchev–Trinajstić information content (AvgIpc) is 3.29. The molecule has 226 valence electrons. The number of H-pyrrole nitrogens is 1. The summed E-state index contributed by atoms with van der Waals surface area (Å²) < 4.78 is 27.0. The molecule has 3 heterocycles. The molecule has 2 aliphatic rings. The lowest BCUT2D eigenvalue weighted by Crippen LogP contribution is -2.75. The molecular formula is C29H44N6O5S. The van der Waals surface area contributed by atoms with E-state index in [4.69, 9.17) is 0 Å². The van der Waals surface area contributed by atoms with Crippen LogP contribution < -0.4 is 10.0 Å². The Morgan fingerprint density at radius 1 is 1.15 bits per heavy atom. The molecule has 11 nitrogen and oxygen atoms in total. The standard InChI is InChI=1S/C29H44N6O5S/c1-7-8-15-35-27(37)24(26(36)18(2)3)31-28(38)29(35)13-16-34(17-14-29)25(23-19(4)32-33-20(23)5)21-9-11-22(12-10-21)41(39,40)30-6/h9-12,18,24-26,30,36H,7-8,13-17H2,1-6H3,(H,31,38)(H,32,33)/t24-,25?,26-/m1/s1. The molecule has 1 aromatic heterocycles. The van der Waals surface area contributed by atoms with Crippen molar-refractivity contribution in [2.75, 3.05) is 26.7 Å². The number of nitrogens with zero attached hydrogens (tertiary/aromatic N) is 3. The molecule has 1 spiro atoms. The average molecular weight is 589 g/mol. The third-order valence-electron chi connectivity index (χ3n) is 8.74. The number of hydrogen-bond acceptors (Lipinski definition) is 7. The molecule has 4 rings (SSSR count). The van der Waals surface area contributed by atoms with Crippen molar-refractivity contribution in [3.8, 4) is 0 Å². The number of aryl methyl sites for hydroxylation is 2. The van der Waals surface area contributed by atoms with Gasteiger partial charge in [0.15, 0.2) is 0 Å². The fourth-order valence-corrected chi connectivity index (χ4v) is 6.94. The van der Waals surface area contributed by atoms with Gasteiger partial charge >= 0.3 is 0 Å². The lowest BCUT2D eigenvalue weighted by atomic mass is 9.79. The third kappa shape index (κ3) is 5.79. The highest BCUT2D eigenvalue weighted by Gasteiger charge is 2.55. The number of aromatic amines is 1. The molecule has 2 aromatic rings. The van der Waals surface area contributed by atoms with Gasteiger partial charge in [0.2, 0.25) is 21.8 Å². The van der Waals surface area contributed by atoms with Gasteiger partial charge in [-0.05, 0) is 63.8 Å². The number of nitrogens with one attached hydrogen (secondary N) is 3. The Bertz CT molecular complexity index is 1330. The summed E-state index contributed by atoms with van der Waals surface area (Å²) in [6.45, 7) is 11.2. The van der Waals surface area contributed by atoms with E-state index in [1.54, 1.807) is 17.0 Å². The fourth-order valence-electron chi connectivity index (χ4n) is 6.21. The first-order chi connectivity index (χ1) is 19.4. The summed E-state index contributed by atoms with van der Waals surface area (Å²) in [7, 11) is -2.19. The summed E-state index contributed by atoms with van der Waals surface area (Å²) in [5.41, 5.74) is 2.71. The van der Waals surface area contributed by atoms with Crippen LogP contribution in [-0.2, 0) is 19.6 Å². The molecule has 4 N–H and O–H groups in total. The Labute approximate surface area is 243 Å². The van der Waals surface area contributed by atoms with Gasteiger partial charge < -0.3 is 15.3 Å². The summed E-state index contributed by atoms with van der Waals surface area (Å²) in [5, 5.41) is 21.1. The molecule has 3 atom stereocenters. The number of hydrogen-bond donors (Lipinski definition) is 4. The summed E-state index contributed by atoms with van der Waals surface area (Å²) in [4.78, 5) is 31.7. The van der Waals surface area contributed by atoms with E-state index in [0.29, 0.717) is 32.5 Å². The SMILES string of the molecule is CCCCN1C(=O)[C@@H]([C@H](O)C(C)C)NC(=O)C12CCN(C(c1ccc(S(=O)(=O)NC)cc1)c1c(C)n[nH]c1C)CC2. The van der Waals surface area contributed by atoms with Crippen LogP contribution in [0.5, 0.6) is 0 Å². The van der Waals surface area contributed by atoms with Crippen molar-refractivity contribution in [1.29, 1.82) is 0 Å². The smallest absolute Gasteiger partial charge is 0.248 e. The molecule has 0 aliphatic carbocycles. The number of sulfonamides is 1. The maximum atomic E-state index is 13.8. The molecule has 2 fully saturated rings. The third-order valence-corrected chi connectivity index (χ3v) is 10.2. The number of amides is 2. The van der Waals surface area contributed by atoms with Crippen LogP contribution in [0.1, 0.15) is 75.0 Å². The van der Waals surface area contributed by atoms with E-state index in [1.807, 2.05) is 39.8 Å². The van der Waals surface area contributed by atoms with Crippen LogP contribution in [0.2, 0.25) is 0 Å². The highest BCUT2D eigenvalue weighted by Crippen LogP contribution is 2.40. The van der Waals surface area contributed by atoms with Crippen LogP contribution in [0.3, 0.4) is 0 Å². The molecule has 0 saturated carbocycles. The molecule has 2 saturated heterocycles. The Hall–Kier alpha value is -2.80. The molecular weight excluding hydrogens is 544 g/mol. The van der Waals surface area contributed by atoms with Crippen molar-refractivity contribution < 1.29 is 23.1 Å². The van der Waals surface area contributed by atoms with Gasteiger partial charge in [-0.1, -0.05) is 39.3 Å². The number of unbranched alkanes of at least 4 members (excludes halogenated alkanes) is 1. The van der Waals surface area contributed by atoms with Gasteiger partial charge in [0.25, 0.3) is 0 Å². The number of benzene rings is 1.